The van der Waals surface area contributed by atoms with Crippen LogP contribution in [0, 0.1) is 10.8 Å². The van der Waals surface area contributed by atoms with Gasteiger partial charge in [-0.25, -0.2) is 0 Å². The lowest BCUT2D eigenvalue weighted by atomic mass is 9.67. The summed E-state index contributed by atoms with van der Waals surface area (Å²) in [6, 6.07) is 0. The van der Waals surface area contributed by atoms with Crippen LogP contribution in [0.2, 0.25) is 0 Å². The summed E-state index contributed by atoms with van der Waals surface area (Å²) in [4.78, 5) is 10.9. The number of ketones is 1. The maximum absolute atomic E-state index is 10.9. The molecule has 1 rings (SSSR count). The molecule has 1 fully saturated rings. The minimum Gasteiger partial charge on any atom is -0.300 e. The first-order chi connectivity index (χ1) is 11.9. The topological polar surface area (TPSA) is 17.1 Å². The van der Waals surface area contributed by atoms with Crippen molar-refractivity contribution in [1.82, 2.24) is 0 Å². The highest BCUT2D eigenvalue weighted by Crippen LogP contribution is 2.55. The third-order valence-electron chi connectivity index (χ3n) is 7.17. The SMILES string of the molecule is CC(=O)CCCCCCCCCCCCCCC1(C)CCCC1(C)C. The van der Waals surface area contributed by atoms with Crippen LogP contribution in [-0.4, -0.2) is 5.78 Å². The van der Waals surface area contributed by atoms with E-state index in [2.05, 4.69) is 20.8 Å². The summed E-state index contributed by atoms with van der Waals surface area (Å²) in [5.74, 6) is 0.348. The molecule has 0 aromatic heterocycles. The van der Waals surface area contributed by atoms with E-state index in [0.717, 1.165) is 12.8 Å². The molecule has 148 valence electrons. The first kappa shape index (κ1) is 22.7. The molecule has 1 unspecified atom stereocenters. The van der Waals surface area contributed by atoms with Crippen LogP contribution in [0.3, 0.4) is 0 Å². The molecule has 0 heterocycles. The first-order valence-corrected chi connectivity index (χ1v) is 11.4. The normalized spacial score (nSPS) is 22.4. The van der Waals surface area contributed by atoms with Crippen LogP contribution in [0.5, 0.6) is 0 Å². The third kappa shape index (κ3) is 9.25. The van der Waals surface area contributed by atoms with Crippen LogP contribution in [0.15, 0.2) is 0 Å². The Morgan fingerprint density at radius 1 is 0.680 bits per heavy atom. The lowest BCUT2D eigenvalue weighted by molar-refractivity contribution is -0.117. The molecule has 0 radical (unpaired) electrons. The largest absolute Gasteiger partial charge is 0.300 e. The van der Waals surface area contributed by atoms with Gasteiger partial charge in [0.15, 0.2) is 0 Å². The Morgan fingerprint density at radius 2 is 1.12 bits per heavy atom. The molecular weight excluding hydrogens is 304 g/mol. The summed E-state index contributed by atoms with van der Waals surface area (Å²) in [6.07, 6.45) is 23.1. The summed E-state index contributed by atoms with van der Waals surface area (Å²) >= 11 is 0. The zero-order valence-corrected chi connectivity index (χ0v) is 17.9. The monoisotopic (exact) mass is 350 g/mol. The van der Waals surface area contributed by atoms with Crippen molar-refractivity contribution in [3.05, 3.63) is 0 Å². The van der Waals surface area contributed by atoms with Crippen molar-refractivity contribution >= 4 is 5.78 Å². The molecule has 1 nitrogen and oxygen atoms in total. The first-order valence-electron chi connectivity index (χ1n) is 11.4. The molecule has 0 spiro atoms. The van der Waals surface area contributed by atoms with E-state index >= 15 is 0 Å². The molecule has 0 N–H and O–H groups in total. The van der Waals surface area contributed by atoms with Gasteiger partial charge in [0, 0.05) is 6.42 Å². The van der Waals surface area contributed by atoms with Gasteiger partial charge in [-0.2, -0.15) is 0 Å². The highest BCUT2D eigenvalue weighted by molar-refractivity contribution is 5.75. The highest BCUT2D eigenvalue weighted by atomic mass is 16.1. The van der Waals surface area contributed by atoms with E-state index in [0.29, 0.717) is 16.6 Å². The van der Waals surface area contributed by atoms with Crippen molar-refractivity contribution in [2.24, 2.45) is 10.8 Å². The van der Waals surface area contributed by atoms with Gasteiger partial charge in [0.1, 0.15) is 5.78 Å². The zero-order chi connectivity index (χ0) is 18.6. The van der Waals surface area contributed by atoms with Crippen molar-refractivity contribution in [3.63, 3.8) is 0 Å². The van der Waals surface area contributed by atoms with Crippen LogP contribution in [0.25, 0.3) is 0 Å². The molecule has 0 aliphatic heterocycles. The van der Waals surface area contributed by atoms with E-state index < -0.39 is 0 Å². The smallest absolute Gasteiger partial charge is 0.129 e. The van der Waals surface area contributed by atoms with E-state index in [-0.39, 0.29) is 0 Å². The van der Waals surface area contributed by atoms with Crippen LogP contribution >= 0.6 is 0 Å². The molecule has 1 atom stereocenters. The summed E-state index contributed by atoms with van der Waals surface area (Å²) in [5, 5.41) is 0. The molecule has 1 aliphatic carbocycles. The second-order valence-corrected chi connectivity index (χ2v) is 9.74. The highest BCUT2D eigenvalue weighted by Gasteiger charge is 2.43. The molecule has 25 heavy (non-hydrogen) atoms. The number of rotatable bonds is 15. The van der Waals surface area contributed by atoms with Crippen molar-refractivity contribution in [3.8, 4) is 0 Å². The molecular formula is C24H46O. The second kappa shape index (κ2) is 12.1. The van der Waals surface area contributed by atoms with Gasteiger partial charge < -0.3 is 4.79 Å². The molecule has 1 saturated carbocycles. The van der Waals surface area contributed by atoms with Gasteiger partial charge in [-0.3, -0.25) is 0 Å². The summed E-state index contributed by atoms with van der Waals surface area (Å²) < 4.78 is 0. The van der Waals surface area contributed by atoms with Gasteiger partial charge in [0.25, 0.3) is 0 Å². The van der Waals surface area contributed by atoms with Gasteiger partial charge >= 0.3 is 0 Å². The summed E-state index contributed by atoms with van der Waals surface area (Å²) in [6.45, 7) is 9.22. The minimum atomic E-state index is 0.348. The zero-order valence-electron chi connectivity index (χ0n) is 17.9. The van der Waals surface area contributed by atoms with Gasteiger partial charge in [-0.05, 0) is 43.4 Å². The number of hydrogen-bond acceptors (Lipinski definition) is 1. The van der Waals surface area contributed by atoms with E-state index in [4.69, 9.17) is 0 Å². The van der Waals surface area contributed by atoms with E-state index in [1.54, 1.807) is 6.92 Å². The maximum Gasteiger partial charge on any atom is 0.129 e. The Bertz CT molecular complexity index is 357. The van der Waals surface area contributed by atoms with Crippen molar-refractivity contribution in [1.29, 1.82) is 0 Å². The standard InChI is InChI=1S/C24H46O/c1-22(25)18-15-13-11-9-7-5-6-8-10-12-14-16-20-24(4)21-17-19-23(24,2)3/h5-21H2,1-4H3. The van der Waals surface area contributed by atoms with E-state index in [1.807, 2.05) is 0 Å². The van der Waals surface area contributed by atoms with Crippen molar-refractivity contribution < 1.29 is 4.79 Å². The molecule has 1 aliphatic rings. The van der Waals surface area contributed by atoms with Gasteiger partial charge in [-0.1, -0.05) is 97.8 Å². The van der Waals surface area contributed by atoms with Crippen LogP contribution < -0.4 is 0 Å². The molecule has 0 aromatic rings. The van der Waals surface area contributed by atoms with Crippen LogP contribution in [0.1, 0.15) is 137 Å². The summed E-state index contributed by atoms with van der Waals surface area (Å²) in [7, 11) is 0. The number of Topliss-reactive ketones (excluding diaryl/α,β-unsaturated/α-hetero) is 1. The fourth-order valence-corrected chi connectivity index (χ4v) is 4.68. The number of unbranched alkanes of at least 4 members (excludes halogenated alkanes) is 11. The Balaban J connectivity index is 1.83. The Labute approximate surface area is 158 Å². The van der Waals surface area contributed by atoms with Gasteiger partial charge in [-0.15, -0.1) is 0 Å². The molecule has 0 bridgehead atoms. The fourth-order valence-electron chi connectivity index (χ4n) is 4.68. The van der Waals surface area contributed by atoms with E-state index in [1.165, 1.54) is 96.3 Å². The predicted molar refractivity (Wildman–Crippen MR) is 111 cm³/mol. The lowest BCUT2D eigenvalue weighted by Gasteiger charge is -2.38. The van der Waals surface area contributed by atoms with Gasteiger partial charge in [0.2, 0.25) is 0 Å². The number of carbonyl (C=O) groups excluding carboxylic acids is 1. The van der Waals surface area contributed by atoms with E-state index in [9.17, 15) is 4.79 Å². The fraction of sp³-hybridized carbons (Fsp3) is 0.958. The van der Waals surface area contributed by atoms with Crippen molar-refractivity contribution in [2.45, 2.75) is 137 Å². The lowest BCUT2D eigenvalue weighted by Crippen LogP contribution is -2.29. The summed E-state index contributed by atoms with van der Waals surface area (Å²) in [5.41, 5.74) is 1.18. The molecule has 0 aromatic carbocycles. The third-order valence-corrected chi connectivity index (χ3v) is 7.17. The maximum atomic E-state index is 10.9. The van der Waals surface area contributed by atoms with Crippen molar-refractivity contribution in [2.75, 3.05) is 0 Å². The Hall–Kier alpha value is -0.330. The molecule has 1 heteroatoms. The number of hydrogen-bond donors (Lipinski definition) is 0. The second-order valence-electron chi connectivity index (χ2n) is 9.74. The quantitative estimate of drug-likeness (QED) is 0.272. The Kier molecular flexibility index (Phi) is 11.0. The average molecular weight is 351 g/mol. The predicted octanol–water partition coefficient (Wildman–Crippen LogP) is 8.25. The van der Waals surface area contributed by atoms with Gasteiger partial charge in [0.05, 0.1) is 0 Å². The minimum absolute atomic E-state index is 0.348. The molecule has 0 amide bonds. The average Bonchev–Trinajstić information content (AvgIpc) is 2.81. The van der Waals surface area contributed by atoms with Crippen LogP contribution in [0.4, 0.5) is 0 Å². The Morgan fingerprint density at radius 3 is 1.52 bits per heavy atom. The van der Waals surface area contributed by atoms with Crippen LogP contribution in [-0.2, 0) is 4.79 Å². The number of carbonyl (C=O) groups is 1. The molecule has 0 saturated heterocycles.